The van der Waals surface area contributed by atoms with Crippen LogP contribution < -0.4 is 4.74 Å². The highest BCUT2D eigenvalue weighted by molar-refractivity contribution is 9.10. The fourth-order valence-electron chi connectivity index (χ4n) is 3.64. The lowest BCUT2D eigenvalue weighted by molar-refractivity contribution is -0.140. The normalized spacial score (nSPS) is 17.9. The van der Waals surface area contributed by atoms with E-state index in [0.29, 0.717) is 29.2 Å². The molecule has 158 valence electrons. The number of nitrogens with zero attached hydrogens (tertiary/aromatic N) is 1. The van der Waals surface area contributed by atoms with Crippen LogP contribution in [0.5, 0.6) is 5.75 Å². The Morgan fingerprint density at radius 2 is 1.81 bits per heavy atom. The summed E-state index contributed by atoms with van der Waals surface area (Å²) >= 11 is 3.41. The van der Waals surface area contributed by atoms with E-state index in [-0.39, 0.29) is 17.9 Å². The maximum atomic E-state index is 13.0. The molecule has 1 aromatic heterocycles. The number of hydrogen-bond donors (Lipinski definition) is 1. The van der Waals surface area contributed by atoms with Gasteiger partial charge in [0.05, 0.1) is 31.0 Å². The van der Waals surface area contributed by atoms with E-state index < -0.39 is 17.7 Å². The molecule has 1 aliphatic heterocycles. The summed E-state index contributed by atoms with van der Waals surface area (Å²) in [6.45, 7) is 2.51. The molecular weight excluding hydrogens is 462 g/mol. The Bertz CT molecular complexity index is 1120. The summed E-state index contributed by atoms with van der Waals surface area (Å²) in [5, 5.41) is 11.1. The Hall–Kier alpha value is -3.32. The molecule has 2 heterocycles. The number of furan rings is 1. The quantitative estimate of drug-likeness (QED) is 0.302. The van der Waals surface area contributed by atoms with Crippen LogP contribution >= 0.6 is 15.9 Å². The molecule has 7 heteroatoms. The lowest BCUT2D eigenvalue weighted by Gasteiger charge is -2.24. The first-order valence-corrected chi connectivity index (χ1v) is 10.6. The van der Waals surface area contributed by atoms with Gasteiger partial charge in [-0.1, -0.05) is 28.1 Å². The van der Waals surface area contributed by atoms with Crippen LogP contribution in [0.4, 0.5) is 0 Å². The minimum atomic E-state index is -0.746. The Labute approximate surface area is 187 Å². The van der Waals surface area contributed by atoms with Gasteiger partial charge in [-0.3, -0.25) is 9.59 Å². The van der Waals surface area contributed by atoms with E-state index in [0.717, 1.165) is 4.47 Å². The second kappa shape index (κ2) is 8.81. The van der Waals surface area contributed by atoms with Crippen LogP contribution in [0, 0.1) is 0 Å². The molecule has 0 bridgehead atoms. The number of aliphatic hydroxyl groups is 1. The summed E-state index contributed by atoms with van der Waals surface area (Å²) in [5.41, 5.74) is 1.19. The van der Waals surface area contributed by atoms with Crippen molar-refractivity contribution in [2.24, 2.45) is 0 Å². The number of carbonyl (C=O) groups is 2. The molecule has 0 radical (unpaired) electrons. The SMILES string of the molecule is CCOc1ccc(/C(O)=C2/C(=O)C(=O)N(Cc3ccco3)C2c2ccc(Br)cc2)cc1. The van der Waals surface area contributed by atoms with Gasteiger partial charge in [0.25, 0.3) is 11.7 Å². The van der Waals surface area contributed by atoms with Gasteiger partial charge in [-0.2, -0.15) is 0 Å². The monoisotopic (exact) mass is 481 g/mol. The molecule has 2 aromatic carbocycles. The zero-order valence-corrected chi connectivity index (χ0v) is 18.3. The summed E-state index contributed by atoms with van der Waals surface area (Å²) in [7, 11) is 0. The van der Waals surface area contributed by atoms with E-state index in [1.165, 1.54) is 11.2 Å². The summed E-state index contributed by atoms with van der Waals surface area (Å²) in [6, 6.07) is 16.8. The van der Waals surface area contributed by atoms with Crippen molar-refractivity contribution in [2.45, 2.75) is 19.5 Å². The van der Waals surface area contributed by atoms with Gasteiger partial charge in [0.1, 0.15) is 17.3 Å². The number of rotatable bonds is 6. The van der Waals surface area contributed by atoms with E-state index in [1.54, 1.807) is 36.4 Å². The first-order valence-electron chi connectivity index (χ1n) is 9.79. The fourth-order valence-corrected chi connectivity index (χ4v) is 3.90. The standard InChI is InChI=1S/C24H20BrNO5/c1-2-30-18-11-7-16(8-12-18)22(27)20-21(15-5-9-17(25)10-6-15)26(24(29)23(20)28)14-19-4-3-13-31-19/h3-13,21,27H,2,14H2,1H3/b22-20-. The molecular formula is C24H20BrNO5. The maximum absolute atomic E-state index is 13.0. The van der Waals surface area contributed by atoms with E-state index in [9.17, 15) is 14.7 Å². The number of aliphatic hydroxyl groups excluding tert-OH is 1. The molecule has 0 saturated carbocycles. The van der Waals surface area contributed by atoms with Crippen molar-refractivity contribution in [3.8, 4) is 5.75 Å². The van der Waals surface area contributed by atoms with Gasteiger partial charge in [-0.15, -0.1) is 0 Å². The van der Waals surface area contributed by atoms with Crippen LogP contribution in [0.2, 0.25) is 0 Å². The largest absolute Gasteiger partial charge is 0.507 e. The van der Waals surface area contributed by atoms with Crippen LogP contribution in [0.15, 0.2) is 81.4 Å². The van der Waals surface area contributed by atoms with Gasteiger partial charge in [0.2, 0.25) is 0 Å². The Kier molecular flexibility index (Phi) is 5.95. The highest BCUT2D eigenvalue weighted by atomic mass is 79.9. The molecule has 1 unspecified atom stereocenters. The van der Waals surface area contributed by atoms with Crippen molar-refractivity contribution in [3.05, 3.63) is 93.9 Å². The highest BCUT2D eigenvalue weighted by Crippen LogP contribution is 2.40. The van der Waals surface area contributed by atoms with Crippen LogP contribution in [0.25, 0.3) is 5.76 Å². The Morgan fingerprint density at radius 1 is 1.10 bits per heavy atom. The molecule has 3 aromatic rings. The van der Waals surface area contributed by atoms with Crippen molar-refractivity contribution < 1.29 is 23.8 Å². The zero-order valence-electron chi connectivity index (χ0n) is 16.7. The maximum Gasteiger partial charge on any atom is 0.296 e. The number of halogens is 1. The smallest absolute Gasteiger partial charge is 0.296 e. The average Bonchev–Trinajstić information content (AvgIpc) is 3.37. The number of likely N-dealkylation sites (tertiary alicyclic amines) is 1. The van der Waals surface area contributed by atoms with Crippen LogP contribution in [0.1, 0.15) is 29.9 Å². The van der Waals surface area contributed by atoms with Crippen molar-refractivity contribution in [3.63, 3.8) is 0 Å². The lowest BCUT2D eigenvalue weighted by Crippen LogP contribution is -2.29. The molecule has 31 heavy (non-hydrogen) atoms. The number of carbonyl (C=O) groups excluding carboxylic acids is 2. The van der Waals surface area contributed by atoms with Crippen molar-refractivity contribution in [1.82, 2.24) is 4.90 Å². The topological polar surface area (TPSA) is 80.0 Å². The molecule has 0 aliphatic carbocycles. The van der Waals surface area contributed by atoms with E-state index in [1.807, 2.05) is 31.2 Å². The number of benzene rings is 2. The minimum Gasteiger partial charge on any atom is -0.507 e. The molecule has 0 spiro atoms. The summed E-state index contributed by atoms with van der Waals surface area (Å²) in [5.74, 6) is -0.439. The molecule has 1 aliphatic rings. The number of hydrogen-bond acceptors (Lipinski definition) is 5. The second-order valence-electron chi connectivity index (χ2n) is 7.02. The minimum absolute atomic E-state index is 0.0445. The van der Waals surface area contributed by atoms with Gasteiger partial charge in [0.15, 0.2) is 0 Å². The Balaban J connectivity index is 1.81. The van der Waals surface area contributed by atoms with Crippen molar-refractivity contribution in [1.29, 1.82) is 0 Å². The Morgan fingerprint density at radius 3 is 2.42 bits per heavy atom. The van der Waals surface area contributed by atoms with E-state index >= 15 is 0 Å². The number of ketones is 1. The third-order valence-corrected chi connectivity index (χ3v) is 5.60. The molecule has 1 N–H and O–H groups in total. The molecule has 4 rings (SSSR count). The molecule has 1 amide bonds. The van der Waals surface area contributed by atoms with E-state index in [2.05, 4.69) is 15.9 Å². The molecule has 1 fully saturated rings. The second-order valence-corrected chi connectivity index (χ2v) is 7.93. The summed E-state index contributed by atoms with van der Waals surface area (Å²) < 4.78 is 11.7. The fraction of sp³-hybridized carbons (Fsp3) is 0.167. The highest BCUT2D eigenvalue weighted by Gasteiger charge is 2.46. The molecule has 1 atom stereocenters. The van der Waals surface area contributed by atoms with Gasteiger partial charge in [-0.25, -0.2) is 0 Å². The van der Waals surface area contributed by atoms with Gasteiger partial charge < -0.3 is 19.2 Å². The predicted molar refractivity (Wildman–Crippen MR) is 118 cm³/mol. The predicted octanol–water partition coefficient (Wildman–Crippen LogP) is 5.06. The summed E-state index contributed by atoms with van der Waals surface area (Å²) in [6.07, 6.45) is 1.51. The number of Topliss-reactive ketones (excluding diaryl/α,β-unsaturated/α-hetero) is 1. The number of amides is 1. The lowest BCUT2D eigenvalue weighted by atomic mass is 9.95. The van der Waals surface area contributed by atoms with Crippen LogP contribution in [-0.2, 0) is 16.1 Å². The zero-order chi connectivity index (χ0) is 22.0. The molecule has 1 saturated heterocycles. The van der Waals surface area contributed by atoms with E-state index in [4.69, 9.17) is 9.15 Å². The molecule has 6 nitrogen and oxygen atoms in total. The van der Waals surface area contributed by atoms with Gasteiger partial charge >= 0.3 is 0 Å². The third-order valence-electron chi connectivity index (χ3n) is 5.07. The van der Waals surface area contributed by atoms with Crippen molar-refractivity contribution in [2.75, 3.05) is 6.61 Å². The van der Waals surface area contributed by atoms with Crippen LogP contribution in [-0.4, -0.2) is 28.3 Å². The summed E-state index contributed by atoms with van der Waals surface area (Å²) in [4.78, 5) is 27.4. The first kappa shape index (κ1) is 20.9. The number of ether oxygens (including phenoxy) is 1. The average molecular weight is 482 g/mol. The third kappa shape index (κ3) is 4.14. The van der Waals surface area contributed by atoms with Crippen LogP contribution in [0.3, 0.4) is 0 Å². The van der Waals surface area contributed by atoms with Gasteiger partial charge in [0, 0.05) is 10.0 Å². The first-order chi connectivity index (χ1) is 15.0. The van der Waals surface area contributed by atoms with Crippen molar-refractivity contribution >= 4 is 33.4 Å². The van der Waals surface area contributed by atoms with Gasteiger partial charge in [-0.05, 0) is 61.0 Å².